The largest absolute Gasteiger partial charge is 0.506 e. The quantitative estimate of drug-likeness (QED) is 0.720. The lowest BCUT2D eigenvalue weighted by Crippen LogP contribution is -2.00. The Kier molecular flexibility index (Phi) is 2.22. The van der Waals surface area contributed by atoms with Gasteiger partial charge in [-0.05, 0) is 17.7 Å². The highest BCUT2D eigenvalue weighted by atomic mass is 16.3. The Labute approximate surface area is 97.4 Å². The second-order valence-electron chi connectivity index (χ2n) is 3.74. The number of hydrogen-bond donors (Lipinski definition) is 1. The topological polar surface area (TPSA) is 63.8 Å². The maximum atomic E-state index is 9.72. The third-order valence-corrected chi connectivity index (χ3v) is 2.64. The van der Waals surface area contributed by atoms with Crippen LogP contribution in [0.4, 0.5) is 0 Å². The van der Waals surface area contributed by atoms with Crippen molar-refractivity contribution in [2.45, 2.75) is 6.54 Å². The summed E-state index contributed by atoms with van der Waals surface area (Å²) in [6.07, 6.45) is 4.83. The number of hydrogen-bond acceptors (Lipinski definition) is 4. The number of phenolic OH excluding ortho intramolecular Hbond substituents is 1. The number of aromatic nitrogens is 4. The zero-order valence-corrected chi connectivity index (χ0v) is 8.98. The minimum Gasteiger partial charge on any atom is -0.506 e. The molecule has 0 aliphatic rings. The molecule has 0 amide bonds. The first-order valence-electron chi connectivity index (χ1n) is 5.22. The Bertz CT molecular complexity index is 649. The van der Waals surface area contributed by atoms with E-state index in [2.05, 4.69) is 15.1 Å². The van der Waals surface area contributed by atoms with E-state index in [-0.39, 0.29) is 5.75 Å². The van der Waals surface area contributed by atoms with Gasteiger partial charge in [-0.3, -0.25) is 4.98 Å². The second kappa shape index (κ2) is 3.86. The molecule has 0 unspecified atom stereocenters. The van der Waals surface area contributed by atoms with Crippen molar-refractivity contribution in [1.29, 1.82) is 0 Å². The highest BCUT2D eigenvalue weighted by Crippen LogP contribution is 2.25. The predicted octanol–water partition coefficient (Wildman–Crippen LogP) is 1.58. The van der Waals surface area contributed by atoms with Gasteiger partial charge < -0.3 is 5.11 Å². The molecule has 0 aliphatic carbocycles. The van der Waals surface area contributed by atoms with Gasteiger partial charge in [0.2, 0.25) is 0 Å². The Morgan fingerprint density at radius 2 is 2.18 bits per heavy atom. The molecule has 2 heterocycles. The number of aromatic hydroxyl groups is 1. The fourth-order valence-electron chi connectivity index (χ4n) is 1.84. The number of benzene rings is 1. The summed E-state index contributed by atoms with van der Waals surface area (Å²) in [5.41, 5.74) is 1.67. The first kappa shape index (κ1) is 9.77. The molecule has 1 aromatic carbocycles. The molecule has 0 aliphatic heterocycles. The van der Waals surface area contributed by atoms with E-state index in [9.17, 15) is 5.11 Å². The normalized spacial score (nSPS) is 10.8. The van der Waals surface area contributed by atoms with Crippen molar-refractivity contribution < 1.29 is 5.11 Å². The van der Waals surface area contributed by atoms with Gasteiger partial charge in [-0.2, -0.15) is 5.10 Å². The molecule has 0 atom stereocenters. The smallest absolute Gasteiger partial charge is 0.141 e. The molecular formula is C12H10N4O. The maximum absolute atomic E-state index is 9.72. The summed E-state index contributed by atoms with van der Waals surface area (Å²) in [4.78, 5) is 8.08. The molecule has 3 aromatic rings. The lowest BCUT2D eigenvalue weighted by Gasteiger charge is -2.07. The highest BCUT2D eigenvalue weighted by molar-refractivity contribution is 5.87. The minimum atomic E-state index is 0.197. The van der Waals surface area contributed by atoms with E-state index in [1.165, 1.54) is 6.33 Å². The maximum Gasteiger partial charge on any atom is 0.141 e. The molecule has 5 nitrogen and oxygen atoms in total. The van der Waals surface area contributed by atoms with Gasteiger partial charge in [0, 0.05) is 11.6 Å². The zero-order chi connectivity index (χ0) is 11.7. The molecule has 0 saturated heterocycles. The number of rotatable bonds is 2. The molecule has 0 spiro atoms. The van der Waals surface area contributed by atoms with Gasteiger partial charge in [0.05, 0.1) is 6.54 Å². The van der Waals surface area contributed by atoms with Gasteiger partial charge in [-0.1, -0.05) is 12.1 Å². The predicted molar refractivity (Wildman–Crippen MR) is 62.5 cm³/mol. The molecule has 17 heavy (non-hydrogen) atoms. The third kappa shape index (κ3) is 1.71. The summed E-state index contributed by atoms with van der Waals surface area (Å²) in [5.74, 6) is 0.197. The second-order valence-corrected chi connectivity index (χ2v) is 3.74. The average molecular weight is 226 g/mol. The lowest BCUT2D eigenvalue weighted by molar-refractivity contribution is 0.480. The van der Waals surface area contributed by atoms with E-state index < -0.39 is 0 Å². The van der Waals surface area contributed by atoms with Crippen molar-refractivity contribution in [1.82, 2.24) is 19.7 Å². The van der Waals surface area contributed by atoms with Gasteiger partial charge in [0.15, 0.2) is 0 Å². The number of nitrogens with zero attached hydrogens (tertiary/aromatic N) is 4. The van der Waals surface area contributed by atoms with Crippen molar-refractivity contribution in [3.8, 4) is 5.75 Å². The highest BCUT2D eigenvalue weighted by Gasteiger charge is 2.06. The number of phenols is 1. The summed E-state index contributed by atoms with van der Waals surface area (Å²) in [7, 11) is 0. The number of fused-ring (bicyclic) bond motifs is 1. The molecule has 0 saturated carbocycles. The molecular weight excluding hydrogens is 216 g/mol. The Balaban J connectivity index is 2.14. The van der Waals surface area contributed by atoms with Crippen LogP contribution in [-0.4, -0.2) is 24.9 Å². The van der Waals surface area contributed by atoms with Crippen LogP contribution >= 0.6 is 0 Å². The first-order chi connectivity index (χ1) is 8.34. The molecule has 1 N–H and O–H groups in total. The van der Waals surface area contributed by atoms with Crippen LogP contribution in [0, 0.1) is 0 Å². The van der Waals surface area contributed by atoms with Crippen LogP contribution in [0.15, 0.2) is 43.1 Å². The molecule has 2 aromatic heterocycles. The molecule has 84 valence electrons. The van der Waals surface area contributed by atoms with Crippen LogP contribution in [-0.2, 0) is 6.54 Å². The van der Waals surface area contributed by atoms with Gasteiger partial charge in [0.1, 0.15) is 23.9 Å². The standard InChI is InChI=1S/C12H10N4O/c17-11-4-3-9(6-16-8-13-7-15-16)10-2-1-5-14-12(10)11/h1-5,7-8,17H,6H2. The van der Waals surface area contributed by atoms with Gasteiger partial charge in [-0.15, -0.1) is 0 Å². The van der Waals surface area contributed by atoms with E-state index in [0.29, 0.717) is 12.1 Å². The van der Waals surface area contributed by atoms with Crippen molar-refractivity contribution in [2.24, 2.45) is 0 Å². The average Bonchev–Trinajstić information content (AvgIpc) is 2.86. The van der Waals surface area contributed by atoms with Crippen LogP contribution < -0.4 is 0 Å². The van der Waals surface area contributed by atoms with Crippen molar-refractivity contribution in [2.75, 3.05) is 0 Å². The van der Waals surface area contributed by atoms with Crippen LogP contribution in [0.2, 0.25) is 0 Å². The van der Waals surface area contributed by atoms with E-state index in [1.54, 1.807) is 23.3 Å². The third-order valence-electron chi connectivity index (χ3n) is 2.64. The fourth-order valence-corrected chi connectivity index (χ4v) is 1.84. The lowest BCUT2D eigenvalue weighted by atomic mass is 10.1. The molecule has 5 heteroatoms. The zero-order valence-electron chi connectivity index (χ0n) is 8.98. The summed E-state index contributed by atoms with van der Waals surface area (Å²) in [5, 5.41) is 14.7. The SMILES string of the molecule is Oc1ccc(Cn2cncn2)c2cccnc12. The van der Waals surface area contributed by atoms with E-state index in [0.717, 1.165) is 10.9 Å². The van der Waals surface area contributed by atoms with E-state index >= 15 is 0 Å². The van der Waals surface area contributed by atoms with Gasteiger partial charge in [0.25, 0.3) is 0 Å². The van der Waals surface area contributed by atoms with Gasteiger partial charge >= 0.3 is 0 Å². The van der Waals surface area contributed by atoms with E-state index in [1.807, 2.05) is 18.2 Å². The summed E-state index contributed by atoms with van der Waals surface area (Å²) < 4.78 is 1.73. The summed E-state index contributed by atoms with van der Waals surface area (Å²) >= 11 is 0. The summed E-state index contributed by atoms with van der Waals surface area (Å²) in [6, 6.07) is 7.32. The monoisotopic (exact) mass is 226 g/mol. The minimum absolute atomic E-state index is 0.197. The van der Waals surface area contributed by atoms with Crippen molar-refractivity contribution >= 4 is 10.9 Å². The van der Waals surface area contributed by atoms with E-state index in [4.69, 9.17) is 0 Å². The van der Waals surface area contributed by atoms with Crippen LogP contribution in [0.5, 0.6) is 5.75 Å². The fraction of sp³-hybridized carbons (Fsp3) is 0.0833. The van der Waals surface area contributed by atoms with Crippen LogP contribution in [0.25, 0.3) is 10.9 Å². The Morgan fingerprint density at radius 3 is 3.00 bits per heavy atom. The van der Waals surface area contributed by atoms with Crippen molar-refractivity contribution in [3.63, 3.8) is 0 Å². The Morgan fingerprint density at radius 1 is 1.24 bits per heavy atom. The van der Waals surface area contributed by atoms with Crippen LogP contribution in [0.1, 0.15) is 5.56 Å². The molecule has 0 fully saturated rings. The Hall–Kier alpha value is -2.43. The molecule has 3 rings (SSSR count). The van der Waals surface area contributed by atoms with Crippen molar-refractivity contribution in [3.05, 3.63) is 48.7 Å². The van der Waals surface area contributed by atoms with Gasteiger partial charge in [-0.25, -0.2) is 9.67 Å². The van der Waals surface area contributed by atoms with Crippen LogP contribution in [0.3, 0.4) is 0 Å². The number of pyridine rings is 1. The molecule has 0 radical (unpaired) electrons. The summed E-state index contributed by atoms with van der Waals surface area (Å²) in [6.45, 7) is 0.614. The first-order valence-corrected chi connectivity index (χ1v) is 5.22. The molecule has 0 bridgehead atoms.